The number of thioether (sulfide) groups is 1. The Morgan fingerprint density at radius 1 is 0.971 bits per heavy atom. The third kappa shape index (κ3) is 5.57. The van der Waals surface area contributed by atoms with Crippen LogP contribution in [0, 0.1) is 0 Å². The van der Waals surface area contributed by atoms with Gasteiger partial charge >= 0.3 is 0 Å². The minimum atomic E-state index is -0.578. The summed E-state index contributed by atoms with van der Waals surface area (Å²) in [6, 6.07) is 16.7. The Bertz CT molecular complexity index is 1110. The van der Waals surface area contributed by atoms with E-state index in [1.807, 2.05) is 30.3 Å². The number of piperazine rings is 1. The van der Waals surface area contributed by atoms with Crippen LogP contribution in [0.2, 0.25) is 0 Å². The molecule has 0 saturated carbocycles. The number of hydrogen-bond acceptors (Lipinski definition) is 7. The summed E-state index contributed by atoms with van der Waals surface area (Å²) in [5, 5.41) is -0.464. The van der Waals surface area contributed by atoms with E-state index in [0.717, 1.165) is 22.3 Å². The first kappa shape index (κ1) is 23.4. The number of anilines is 1. The van der Waals surface area contributed by atoms with Crippen LogP contribution in [-0.4, -0.2) is 72.1 Å². The Morgan fingerprint density at radius 3 is 2.29 bits per heavy atom. The largest absolute Gasteiger partial charge is 0.484 e. The summed E-state index contributed by atoms with van der Waals surface area (Å²) in [4.78, 5) is 53.9. The summed E-state index contributed by atoms with van der Waals surface area (Å²) in [5.74, 6) is -0.847. The number of nitrogens with zero attached hydrogens (tertiary/aromatic N) is 3. The molecule has 0 atom stereocenters. The minimum absolute atomic E-state index is 0.229. The molecule has 2 aromatic rings. The predicted octanol–water partition coefficient (Wildman–Crippen LogP) is 1.94. The molecule has 0 spiro atoms. The summed E-state index contributed by atoms with van der Waals surface area (Å²) in [6.45, 7) is 1.95. The van der Waals surface area contributed by atoms with Gasteiger partial charge in [-0.15, -0.1) is 0 Å². The minimum Gasteiger partial charge on any atom is -0.484 e. The zero-order valence-corrected chi connectivity index (χ0v) is 19.2. The first-order valence-corrected chi connectivity index (χ1v) is 11.6. The number of primary amides is 1. The van der Waals surface area contributed by atoms with Crippen LogP contribution in [0.3, 0.4) is 0 Å². The number of nitrogens with two attached hydrogens (primary N) is 1. The molecule has 0 radical (unpaired) electrons. The van der Waals surface area contributed by atoms with Crippen LogP contribution in [0.25, 0.3) is 6.08 Å². The maximum atomic E-state index is 12.8. The zero-order valence-electron chi connectivity index (χ0n) is 18.4. The molecule has 2 aromatic carbocycles. The highest BCUT2D eigenvalue weighted by Crippen LogP contribution is 2.32. The van der Waals surface area contributed by atoms with Crippen molar-refractivity contribution in [3.8, 4) is 5.75 Å². The maximum absolute atomic E-state index is 12.8. The summed E-state index contributed by atoms with van der Waals surface area (Å²) >= 11 is 0.808. The summed E-state index contributed by atoms with van der Waals surface area (Å²) in [6.07, 6.45) is 1.59. The quantitative estimate of drug-likeness (QED) is 0.603. The Kier molecular flexibility index (Phi) is 7.17. The molecule has 2 aliphatic heterocycles. The molecule has 34 heavy (non-hydrogen) atoms. The summed E-state index contributed by atoms with van der Waals surface area (Å²) in [5.41, 5.74) is 6.84. The van der Waals surface area contributed by atoms with Crippen LogP contribution in [0.4, 0.5) is 10.5 Å². The number of amides is 4. The van der Waals surface area contributed by atoms with E-state index in [4.69, 9.17) is 10.5 Å². The molecule has 0 unspecified atom stereocenters. The lowest BCUT2D eigenvalue weighted by Crippen LogP contribution is -2.51. The fourth-order valence-electron chi connectivity index (χ4n) is 3.69. The molecule has 9 nitrogen and oxygen atoms in total. The van der Waals surface area contributed by atoms with E-state index < -0.39 is 17.1 Å². The smallest absolute Gasteiger partial charge is 0.294 e. The monoisotopic (exact) mass is 480 g/mol. The SMILES string of the molecule is NC(=O)COc1ccc(/C=C2\SC(=O)N(CC(=O)N3CCN(c4ccccc4)CC3)C2=O)cc1. The van der Waals surface area contributed by atoms with Gasteiger partial charge in [-0.1, -0.05) is 30.3 Å². The molecule has 0 bridgehead atoms. The highest BCUT2D eigenvalue weighted by atomic mass is 32.2. The van der Waals surface area contributed by atoms with Crippen LogP contribution in [0.15, 0.2) is 59.5 Å². The lowest BCUT2D eigenvalue weighted by Gasteiger charge is -2.36. The van der Waals surface area contributed by atoms with Crippen LogP contribution >= 0.6 is 11.8 Å². The van der Waals surface area contributed by atoms with E-state index >= 15 is 0 Å². The Labute approximate surface area is 201 Å². The molecule has 176 valence electrons. The van der Waals surface area contributed by atoms with E-state index in [2.05, 4.69) is 4.90 Å². The standard InChI is InChI=1S/C24H24N4O5S/c25-21(29)16-33-19-8-6-17(7-9-19)14-20-23(31)28(24(32)34-20)15-22(30)27-12-10-26(11-13-27)18-4-2-1-3-5-18/h1-9,14H,10-13,15-16H2,(H2,25,29)/b20-14-. The lowest BCUT2D eigenvalue weighted by molar-refractivity contribution is -0.136. The number of imide groups is 1. The van der Waals surface area contributed by atoms with Crippen molar-refractivity contribution in [1.82, 2.24) is 9.80 Å². The molecule has 10 heteroatoms. The van der Waals surface area contributed by atoms with Crippen LogP contribution in [0.1, 0.15) is 5.56 Å². The van der Waals surface area contributed by atoms with Crippen molar-refractivity contribution in [2.75, 3.05) is 44.2 Å². The number of carbonyl (C=O) groups is 4. The summed E-state index contributed by atoms with van der Waals surface area (Å²) in [7, 11) is 0. The van der Waals surface area contributed by atoms with Gasteiger partial charge in [-0.25, -0.2) is 0 Å². The topological polar surface area (TPSA) is 113 Å². The van der Waals surface area contributed by atoms with E-state index in [-0.39, 0.29) is 24.0 Å². The van der Waals surface area contributed by atoms with Gasteiger partial charge in [0.15, 0.2) is 6.61 Å². The second-order valence-electron chi connectivity index (χ2n) is 7.80. The molecule has 2 N–H and O–H groups in total. The number of rotatable bonds is 7. The van der Waals surface area contributed by atoms with Crippen molar-refractivity contribution in [2.24, 2.45) is 5.73 Å². The third-order valence-corrected chi connectivity index (χ3v) is 6.39. The Hall–Kier alpha value is -3.79. The van der Waals surface area contributed by atoms with E-state index in [9.17, 15) is 19.2 Å². The van der Waals surface area contributed by atoms with Gasteiger partial charge in [-0.2, -0.15) is 0 Å². The van der Waals surface area contributed by atoms with Crippen molar-refractivity contribution in [3.05, 3.63) is 65.1 Å². The van der Waals surface area contributed by atoms with Gasteiger partial charge in [0.05, 0.1) is 4.91 Å². The highest BCUT2D eigenvalue weighted by Gasteiger charge is 2.37. The van der Waals surface area contributed by atoms with Crippen molar-refractivity contribution in [2.45, 2.75) is 0 Å². The molecule has 2 fully saturated rings. The van der Waals surface area contributed by atoms with Crippen molar-refractivity contribution >= 4 is 46.5 Å². The number of benzene rings is 2. The normalized spacial score (nSPS) is 17.4. The molecule has 4 amide bonds. The first-order chi connectivity index (χ1) is 16.4. The number of para-hydroxylation sites is 1. The van der Waals surface area contributed by atoms with Gasteiger partial charge in [0.25, 0.3) is 17.1 Å². The maximum Gasteiger partial charge on any atom is 0.294 e. The van der Waals surface area contributed by atoms with E-state index in [1.165, 1.54) is 0 Å². The number of carbonyl (C=O) groups excluding carboxylic acids is 4. The predicted molar refractivity (Wildman–Crippen MR) is 129 cm³/mol. The average Bonchev–Trinajstić information content (AvgIpc) is 3.11. The second kappa shape index (κ2) is 10.4. The molecular formula is C24H24N4O5S. The zero-order chi connectivity index (χ0) is 24.1. The molecular weight excluding hydrogens is 456 g/mol. The highest BCUT2D eigenvalue weighted by molar-refractivity contribution is 8.18. The van der Waals surface area contributed by atoms with Crippen molar-refractivity contribution < 1.29 is 23.9 Å². The van der Waals surface area contributed by atoms with Crippen LogP contribution in [0.5, 0.6) is 5.75 Å². The van der Waals surface area contributed by atoms with Gasteiger partial charge in [-0.05, 0) is 47.7 Å². The average molecular weight is 481 g/mol. The number of ether oxygens (including phenoxy) is 1. The third-order valence-electron chi connectivity index (χ3n) is 5.48. The molecule has 0 aliphatic carbocycles. The fraction of sp³-hybridized carbons (Fsp3) is 0.250. The summed E-state index contributed by atoms with van der Waals surface area (Å²) < 4.78 is 5.21. The second-order valence-corrected chi connectivity index (χ2v) is 8.79. The van der Waals surface area contributed by atoms with Gasteiger partial charge in [0, 0.05) is 31.9 Å². The van der Waals surface area contributed by atoms with Crippen LogP contribution in [-0.2, 0) is 14.4 Å². The van der Waals surface area contributed by atoms with Gasteiger partial charge < -0.3 is 20.3 Å². The molecule has 4 rings (SSSR count). The van der Waals surface area contributed by atoms with Gasteiger partial charge in [-0.3, -0.25) is 24.1 Å². The van der Waals surface area contributed by atoms with Gasteiger partial charge in [0.1, 0.15) is 12.3 Å². The van der Waals surface area contributed by atoms with E-state index in [0.29, 0.717) is 37.5 Å². The fourth-order valence-corrected chi connectivity index (χ4v) is 4.53. The van der Waals surface area contributed by atoms with Crippen LogP contribution < -0.4 is 15.4 Å². The Morgan fingerprint density at radius 2 is 1.65 bits per heavy atom. The van der Waals surface area contributed by atoms with E-state index in [1.54, 1.807) is 35.2 Å². The number of hydrogen-bond donors (Lipinski definition) is 1. The van der Waals surface area contributed by atoms with Crippen molar-refractivity contribution in [1.29, 1.82) is 0 Å². The lowest BCUT2D eigenvalue weighted by atomic mass is 10.2. The molecule has 2 heterocycles. The molecule has 2 saturated heterocycles. The Balaban J connectivity index is 1.33. The van der Waals surface area contributed by atoms with Crippen molar-refractivity contribution in [3.63, 3.8) is 0 Å². The molecule has 2 aliphatic rings. The first-order valence-electron chi connectivity index (χ1n) is 10.7. The van der Waals surface area contributed by atoms with Gasteiger partial charge in [0.2, 0.25) is 5.91 Å². The molecule has 0 aromatic heterocycles.